The van der Waals surface area contributed by atoms with Gasteiger partial charge in [-0.15, -0.1) is 0 Å². The molecule has 0 fully saturated rings. The number of amides is 1. The van der Waals surface area contributed by atoms with Crippen LogP contribution in [0, 0.1) is 12.7 Å². The van der Waals surface area contributed by atoms with E-state index >= 15 is 0 Å². The first kappa shape index (κ1) is 21.8. The van der Waals surface area contributed by atoms with E-state index in [-0.39, 0.29) is 18.8 Å². The summed E-state index contributed by atoms with van der Waals surface area (Å²) in [5, 5.41) is 2.69. The van der Waals surface area contributed by atoms with Crippen LogP contribution in [0.4, 0.5) is 4.39 Å². The van der Waals surface area contributed by atoms with E-state index in [0.29, 0.717) is 17.1 Å². The topological polar surface area (TPSA) is 91.6 Å². The van der Waals surface area contributed by atoms with Gasteiger partial charge in [-0.25, -0.2) is 4.39 Å². The Kier molecular flexibility index (Phi) is 6.54. The molecule has 1 N–H and O–H groups in total. The average Bonchev–Trinajstić information content (AvgIpc) is 2.77. The summed E-state index contributed by atoms with van der Waals surface area (Å²) in [6.45, 7) is 1.58. The first-order valence-corrected chi connectivity index (χ1v) is 9.40. The fraction of sp³-hybridized carbons (Fsp3) is 0.227. The Hall–Kier alpha value is -3.88. The SMILES string of the molecule is COc1ccc(CNC(=O)Cn2ccn(-c3cc(F)ccc3C)c(=O)c2=O)cc1OC. The summed E-state index contributed by atoms with van der Waals surface area (Å²) in [7, 11) is 3.04. The molecule has 0 aliphatic carbocycles. The van der Waals surface area contributed by atoms with Gasteiger partial charge >= 0.3 is 11.1 Å². The van der Waals surface area contributed by atoms with Crippen molar-refractivity contribution in [2.24, 2.45) is 0 Å². The second-order valence-electron chi connectivity index (χ2n) is 6.80. The molecule has 162 valence electrons. The molecule has 8 nitrogen and oxygen atoms in total. The summed E-state index contributed by atoms with van der Waals surface area (Å²) < 4.78 is 26.0. The maximum Gasteiger partial charge on any atom is 0.320 e. The number of halogens is 1. The molecule has 0 bridgehead atoms. The van der Waals surface area contributed by atoms with Crippen LogP contribution in [-0.4, -0.2) is 29.3 Å². The third kappa shape index (κ3) is 4.82. The van der Waals surface area contributed by atoms with Crippen molar-refractivity contribution in [2.75, 3.05) is 14.2 Å². The minimum Gasteiger partial charge on any atom is -0.493 e. The lowest BCUT2D eigenvalue weighted by Gasteiger charge is -2.12. The number of ether oxygens (including phenoxy) is 2. The van der Waals surface area contributed by atoms with E-state index in [9.17, 15) is 18.8 Å². The fourth-order valence-corrected chi connectivity index (χ4v) is 3.07. The maximum absolute atomic E-state index is 13.6. The lowest BCUT2D eigenvalue weighted by atomic mass is 10.2. The summed E-state index contributed by atoms with van der Waals surface area (Å²) in [5.41, 5.74) is -0.0767. The highest BCUT2D eigenvalue weighted by Crippen LogP contribution is 2.27. The Labute approximate surface area is 177 Å². The third-order valence-electron chi connectivity index (χ3n) is 4.74. The molecule has 0 atom stereocenters. The van der Waals surface area contributed by atoms with Gasteiger partial charge in [-0.05, 0) is 42.3 Å². The van der Waals surface area contributed by atoms with Gasteiger partial charge in [-0.1, -0.05) is 12.1 Å². The molecule has 1 amide bonds. The number of benzene rings is 2. The molecular weight excluding hydrogens is 405 g/mol. The number of hydrogen-bond acceptors (Lipinski definition) is 5. The molecule has 0 aliphatic rings. The third-order valence-corrected chi connectivity index (χ3v) is 4.74. The van der Waals surface area contributed by atoms with E-state index in [4.69, 9.17) is 9.47 Å². The minimum atomic E-state index is -0.882. The molecule has 1 heterocycles. The lowest BCUT2D eigenvalue weighted by Crippen LogP contribution is -2.42. The quantitative estimate of drug-likeness (QED) is 0.581. The molecule has 0 saturated heterocycles. The van der Waals surface area contributed by atoms with Crippen molar-refractivity contribution in [3.05, 3.63) is 86.4 Å². The van der Waals surface area contributed by atoms with E-state index in [0.717, 1.165) is 14.7 Å². The number of aryl methyl sites for hydroxylation is 1. The number of nitrogens with one attached hydrogen (secondary N) is 1. The number of rotatable bonds is 7. The number of carbonyl (C=O) groups is 1. The van der Waals surface area contributed by atoms with Crippen LogP contribution in [-0.2, 0) is 17.9 Å². The van der Waals surface area contributed by atoms with E-state index < -0.39 is 22.8 Å². The molecule has 0 spiro atoms. The van der Waals surface area contributed by atoms with Gasteiger partial charge in [0.25, 0.3) is 0 Å². The van der Waals surface area contributed by atoms with Crippen LogP contribution in [0.2, 0.25) is 0 Å². The summed E-state index contributed by atoms with van der Waals surface area (Å²) in [6, 6.07) is 9.19. The van der Waals surface area contributed by atoms with Crippen molar-refractivity contribution < 1.29 is 18.7 Å². The monoisotopic (exact) mass is 427 g/mol. The molecule has 31 heavy (non-hydrogen) atoms. The smallest absolute Gasteiger partial charge is 0.320 e. The molecule has 0 saturated carbocycles. The van der Waals surface area contributed by atoms with E-state index in [2.05, 4.69) is 5.32 Å². The fourth-order valence-electron chi connectivity index (χ4n) is 3.07. The van der Waals surface area contributed by atoms with Crippen LogP contribution in [0.1, 0.15) is 11.1 Å². The van der Waals surface area contributed by atoms with Crippen molar-refractivity contribution in [3.63, 3.8) is 0 Å². The largest absolute Gasteiger partial charge is 0.493 e. The summed E-state index contributed by atoms with van der Waals surface area (Å²) in [4.78, 5) is 37.2. The van der Waals surface area contributed by atoms with Gasteiger partial charge in [0.2, 0.25) is 5.91 Å². The molecular formula is C22H22FN3O5. The molecule has 3 aromatic rings. The first-order chi connectivity index (χ1) is 14.8. The first-order valence-electron chi connectivity index (χ1n) is 9.40. The van der Waals surface area contributed by atoms with Crippen LogP contribution >= 0.6 is 0 Å². The maximum atomic E-state index is 13.6. The Balaban J connectivity index is 1.74. The van der Waals surface area contributed by atoms with Crippen LogP contribution in [0.25, 0.3) is 5.69 Å². The van der Waals surface area contributed by atoms with E-state index in [1.807, 2.05) is 0 Å². The highest BCUT2D eigenvalue weighted by molar-refractivity contribution is 5.75. The molecule has 3 rings (SSSR count). The second kappa shape index (κ2) is 9.29. The average molecular weight is 427 g/mol. The summed E-state index contributed by atoms with van der Waals surface area (Å²) >= 11 is 0. The Bertz CT molecular complexity index is 1230. The van der Waals surface area contributed by atoms with Gasteiger partial charge in [-0.3, -0.25) is 23.5 Å². The van der Waals surface area contributed by atoms with E-state index in [1.54, 1.807) is 25.1 Å². The summed E-state index contributed by atoms with van der Waals surface area (Å²) in [6.07, 6.45) is 2.66. The van der Waals surface area contributed by atoms with Gasteiger partial charge in [0.15, 0.2) is 11.5 Å². The van der Waals surface area contributed by atoms with E-state index in [1.165, 1.54) is 44.8 Å². The molecule has 0 radical (unpaired) electrons. The van der Waals surface area contributed by atoms with Crippen LogP contribution < -0.4 is 25.9 Å². The van der Waals surface area contributed by atoms with Crippen molar-refractivity contribution in [1.29, 1.82) is 0 Å². The predicted octanol–water partition coefficient (Wildman–Crippen LogP) is 1.78. The van der Waals surface area contributed by atoms with Crippen molar-refractivity contribution in [1.82, 2.24) is 14.5 Å². The van der Waals surface area contributed by atoms with Crippen molar-refractivity contribution >= 4 is 5.91 Å². The Morgan fingerprint density at radius 2 is 1.74 bits per heavy atom. The second-order valence-corrected chi connectivity index (χ2v) is 6.80. The zero-order chi connectivity index (χ0) is 22.5. The Morgan fingerprint density at radius 1 is 1.00 bits per heavy atom. The summed E-state index contributed by atoms with van der Waals surface area (Å²) in [5.74, 6) is 0.127. The van der Waals surface area contributed by atoms with Crippen LogP contribution in [0.15, 0.2) is 58.4 Å². The zero-order valence-electron chi connectivity index (χ0n) is 17.3. The van der Waals surface area contributed by atoms with Crippen LogP contribution in [0.3, 0.4) is 0 Å². The molecule has 9 heteroatoms. The van der Waals surface area contributed by atoms with Gasteiger partial charge in [0, 0.05) is 18.9 Å². The van der Waals surface area contributed by atoms with Gasteiger partial charge in [0.1, 0.15) is 12.4 Å². The van der Waals surface area contributed by atoms with Crippen LogP contribution in [0.5, 0.6) is 11.5 Å². The minimum absolute atomic E-state index is 0.202. The molecule has 0 unspecified atom stereocenters. The number of aromatic nitrogens is 2. The van der Waals surface area contributed by atoms with Crippen molar-refractivity contribution in [3.8, 4) is 17.2 Å². The van der Waals surface area contributed by atoms with Crippen molar-refractivity contribution in [2.45, 2.75) is 20.0 Å². The molecule has 1 aromatic heterocycles. The standard InChI is InChI=1S/C22H22FN3O5/c1-14-4-6-16(23)11-17(14)26-9-8-25(21(28)22(26)29)13-20(27)24-12-15-5-7-18(30-2)19(10-15)31-3/h4-11H,12-13H2,1-3H3,(H,24,27). The highest BCUT2D eigenvalue weighted by atomic mass is 19.1. The zero-order valence-corrected chi connectivity index (χ0v) is 17.3. The molecule has 0 aliphatic heterocycles. The lowest BCUT2D eigenvalue weighted by molar-refractivity contribution is -0.121. The van der Waals surface area contributed by atoms with Gasteiger partial charge in [-0.2, -0.15) is 0 Å². The number of carbonyl (C=O) groups excluding carboxylic acids is 1. The highest BCUT2D eigenvalue weighted by Gasteiger charge is 2.12. The normalized spacial score (nSPS) is 10.6. The number of methoxy groups -OCH3 is 2. The predicted molar refractivity (Wildman–Crippen MR) is 112 cm³/mol. The Morgan fingerprint density at radius 3 is 2.45 bits per heavy atom. The number of hydrogen-bond donors (Lipinski definition) is 1. The van der Waals surface area contributed by atoms with Gasteiger partial charge in [0.05, 0.1) is 19.9 Å². The van der Waals surface area contributed by atoms with Gasteiger partial charge < -0.3 is 14.8 Å². The molecule has 2 aromatic carbocycles. The number of nitrogens with zero attached hydrogens (tertiary/aromatic N) is 2.